The molecule has 7 nitrogen and oxygen atoms in total. The number of rotatable bonds is 1. The molecular weight excluding hydrogens is 262 g/mol. The highest BCUT2D eigenvalue weighted by Gasteiger charge is 2.31. The van der Waals surface area contributed by atoms with Crippen molar-refractivity contribution in [2.45, 2.75) is 38.9 Å². The lowest BCUT2D eigenvalue weighted by Gasteiger charge is -2.24. The van der Waals surface area contributed by atoms with Crippen LogP contribution in [-0.4, -0.2) is 51.4 Å². The average Bonchev–Trinajstić information content (AvgIpc) is 2.97. The Kier molecular flexibility index (Phi) is 3.96. The molecule has 1 fully saturated rings. The molecule has 2 rings (SSSR count). The number of imidazole rings is 1. The lowest BCUT2D eigenvalue weighted by molar-refractivity contribution is 0.0259. The van der Waals surface area contributed by atoms with Crippen LogP contribution >= 0.6 is 0 Å². The smallest absolute Gasteiger partial charge is 0.419 e. The van der Waals surface area contributed by atoms with Gasteiger partial charge in [0.15, 0.2) is 0 Å². The van der Waals surface area contributed by atoms with Crippen LogP contribution in [0.15, 0.2) is 18.7 Å². The normalized spacial score (nSPS) is 18.9. The molecule has 1 saturated heterocycles. The molecule has 0 saturated carbocycles. The van der Waals surface area contributed by atoms with Crippen LogP contribution in [0.1, 0.15) is 27.2 Å². The zero-order valence-corrected chi connectivity index (χ0v) is 11.9. The first-order chi connectivity index (χ1) is 9.35. The number of nitrogens with zero attached hydrogens (tertiary/aromatic N) is 3. The largest absolute Gasteiger partial charge is 0.444 e. The summed E-state index contributed by atoms with van der Waals surface area (Å²) < 4.78 is 11.8. The van der Waals surface area contributed by atoms with E-state index in [1.54, 1.807) is 4.90 Å². The van der Waals surface area contributed by atoms with Gasteiger partial charge in [0.25, 0.3) is 0 Å². The summed E-state index contributed by atoms with van der Waals surface area (Å²) in [4.78, 5) is 28.9. The summed E-state index contributed by atoms with van der Waals surface area (Å²) in [5.74, 6) is 0. The number of hydrogen-bond acceptors (Lipinski definition) is 5. The predicted octanol–water partition coefficient (Wildman–Crippen LogP) is 1.88. The first-order valence-electron chi connectivity index (χ1n) is 6.52. The van der Waals surface area contributed by atoms with Crippen LogP contribution < -0.4 is 0 Å². The quantitative estimate of drug-likeness (QED) is 0.785. The van der Waals surface area contributed by atoms with Gasteiger partial charge in [0, 0.05) is 25.4 Å². The molecule has 1 unspecified atom stereocenters. The lowest BCUT2D eigenvalue weighted by Crippen LogP contribution is -2.36. The number of hydrogen-bond donors (Lipinski definition) is 0. The van der Waals surface area contributed by atoms with Gasteiger partial charge in [0.1, 0.15) is 18.0 Å². The van der Waals surface area contributed by atoms with E-state index in [1.165, 1.54) is 23.3 Å². The number of aromatic nitrogens is 2. The van der Waals surface area contributed by atoms with E-state index in [2.05, 4.69) is 4.98 Å². The maximum Gasteiger partial charge on any atom is 0.419 e. The highest BCUT2D eigenvalue weighted by molar-refractivity contribution is 5.71. The standard InChI is InChI=1S/C13H19N3O4/c1-13(2,3)20-12(18)15-6-4-10(8-15)19-11(17)16-7-5-14-9-16/h5,7,9-10H,4,6,8H2,1-3H3. The number of carbonyl (C=O) groups excluding carboxylic acids is 2. The minimum absolute atomic E-state index is 0.308. The van der Waals surface area contributed by atoms with Gasteiger partial charge in [0.2, 0.25) is 0 Å². The Morgan fingerprint density at radius 3 is 2.65 bits per heavy atom. The topological polar surface area (TPSA) is 73.7 Å². The molecule has 1 aromatic heterocycles. The first-order valence-corrected chi connectivity index (χ1v) is 6.52. The summed E-state index contributed by atoms with van der Waals surface area (Å²) in [6, 6.07) is 0. The zero-order valence-electron chi connectivity index (χ0n) is 11.9. The van der Waals surface area contributed by atoms with Crippen LogP contribution in [0.25, 0.3) is 0 Å². The van der Waals surface area contributed by atoms with E-state index in [-0.39, 0.29) is 12.2 Å². The first kappa shape index (κ1) is 14.4. The van der Waals surface area contributed by atoms with Crippen LogP contribution in [-0.2, 0) is 9.47 Å². The summed E-state index contributed by atoms with van der Waals surface area (Å²) in [5, 5.41) is 0. The van der Waals surface area contributed by atoms with Crippen molar-refractivity contribution in [2.75, 3.05) is 13.1 Å². The second-order valence-corrected chi connectivity index (χ2v) is 5.69. The molecule has 2 heterocycles. The lowest BCUT2D eigenvalue weighted by atomic mass is 10.2. The molecule has 0 radical (unpaired) electrons. The maximum absolute atomic E-state index is 11.9. The Hall–Kier alpha value is -2.05. The van der Waals surface area contributed by atoms with Gasteiger partial charge in [-0.2, -0.15) is 0 Å². The Bertz CT molecular complexity index is 478. The SMILES string of the molecule is CC(C)(C)OC(=O)N1CCC(OC(=O)n2ccnc2)C1. The highest BCUT2D eigenvalue weighted by atomic mass is 16.6. The number of carbonyl (C=O) groups is 2. The van der Waals surface area contributed by atoms with E-state index < -0.39 is 11.7 Å². The van der Waals surface area contributed by atoms with Crippen molar-refractivity contribution in [3.8, 4) is 0 Å². The summed E-state index contributed by atoms with van der Waals surface area (Å²) in [6.07, 6.45) is 3.84. The predicted molar refractivity (Wildman–Crippen MR) is 70.3 cm³/mol. The van der Waals surface area contributed by atoms with Crippen molar-refractivity contribution in [1.29, 1.82) is 0 Å². The molecule has 1 aliphatic heterocycles. The summed E-state index contributed by atoms with van der Waals surface area (Å²) >= 11 is 0. The fourth-order valence-corrected chi connectivity index (χ4v) is 1.89. The molecular formula is C13H19N3O4. The van der Waals surface area contributed by atoms with Crippen molar-refractivity contribution in [1.82, 2.24) is 14.5 Å². The number of ether oxygens (including phenoxy) is 2. The van der Waals surface area contributed by atoms with Crippen LogP contribution in [0.2, 0.25) is 0 Å². The minimum atomic E-state index is -0.525. The average molecular weight is 281 g/mol. The number of likely N-dealkylation sites (tertiary alicyclic amines) is 1. The molecule has 0 aromatic carbocycles. The van der Waals surface area contributed by atoms with Gasteiger partial charge < -0.3 is 14.4 Å². The van der Waals surface area contributed by atoms with E-state index >= 15 is 0 Å². The monoisotopic (exact) mass is 281 g/mol. The van der Waals surface area contributed by atoms with Crippen LogP contribution in [0, 0.1) is 0 Å². The van der Waals surface area contributed by atoms with E-state index in [0.29, 0.717) is 19.5 Å². The van der Waals surface area contributed by atoms with Crippen molar-refractivity contribution in [3.63, 3.8) is 0 Å². The minimum Gasteiger partial charge on any atom is -0.444 e. The fraction of sp³-hybridized carbons (Fsp3) is 0.615. The van der Waals surface area contributed by atoms with Crippen molar-refractivity contribution in [3.05, 3.63) is 18.7 Å². The van der Waals surface area contributed by atoms with E-state index in [1.807, 2.05) is 20.8 Å². The number of amides is 1. The fourth-order valence-electron chi connectivity index (χ4n) is 1.89. The van der Waals surface area contributed by atoms with E-state index in [0.717, 1.165) is 0 Å². The summed E-state index contributed by atoms with van der Waals surface area (Å²) in [6.45, 7) is 6.33. The summed E-state index contributed by atoms with van der Waals surface area (Å²) in [5.41, 5.74) is -0.525. The molecule has 1 aliphatic rings. The van der Waals surface area contributed by atoms with Gasteiger partial charge in [-0.15, -0.1) is 0 Å². The van der Waals surface area contributed by atoms with E-state index in [4.69, 9.17) is 9.47 Å². The second kappa shape index (κ2) is 5.52. The molecule has 0 N–H and O–H groups in total. The Morgan fingerprint density at radius 2 is 2.05 bits per heavy atom. The Balaban J connectivity index is 1.83. The highest BCUT2D eigenvalue weighted by Crippen LogP contribution is 2.17. The Morgan fingerprint density at radius 1 is 1.30 bits per heavy atom. The Labute approximate surface area is 117 Å². The molecule has 0 aliphatic carbocycles. The third-order valence-corrected chi connectivity index (χ3v) is 2.78. The van der Waals surface area contributed by atoms with Gasteiger partial charge in [-0.25, -0.2) is 19.1 Å². The van der Waals surface area contributed by atoms with Gasteiger partial charge in [-0.3, -0.25) is 0 Å². The van der Waals surface area contributed by atoms with E-state index in [9.17, 15) is 9.59 Å². The van der Waals surface area contributed by atoms with Gasteiger partial charge >= 0.3 is 12.2 Å². The maximum atomic E-state index is 11.9. The van der Waals surface area contributed by atoms with Crippen molar-refractivity contribution >= 4 is 12.2 Å². The molecule has 1 amide bonds. The van der Waals surface area contributed by atoms with Crippen LogP contribution in [0.5, 0.6) is 0 Å². The molecule has 1 aromatic rings. The molecule has 1 atom stereocenters. The molecule has 0 spiro atoms. The molecule has 20 heavy (non-hydrogen) atoms. The third kappa shape index (κ3) is 3.72. The third-order valence-electron chi connectivity index (χ3n) is 2.78. The zero-order chi connectivity index (χ0) is 14.8. The van der Waals surface area contributed by atoms with Crippen LogP contribution in [0.4, 0.5) is 9.59 Å². The van der Waals surface area contributed by atoms with Crippen molar-refractivity contribution in [2.24, 2.45) is 0 Å². The van der Waals surface area contributed by atoms with Gasteiger partial charge in [-0.05, 0) is 20.8 Å². The molecule has 0 bridgehead atoms. The molecule has 110 valence electrons. The van der Waals surface area contributed by atoms with Gasteiger partial charge in [0.05, 0.1) is 6.54 Å². The van der Waals surface area contributed by atoms with Crippen LogP contribution in [0.3, 0.4) is 0 Å². The molecule has 7 heteroatoms. The van der Waals surface area contributed by atoms with Gasteiger partial charge in [-0.1, -0.05) is 0 Å². The second-order valence-electron chi connectivity index (χ2n) is 5.69. The summed E-state index contributed by atoms with van der Waals surface area (Å²) in [7, 11) is 0. The van der Waals surface area contributed by atoms with Crippen molar-refractivity contribution < 1.29 is 19.1 Å².